The number of methoxy groups -OCH3 is 1. The second-order valence-electron chi connectivity index (χ2n) is 5.45. The molecule has 4 heteroatoms. The summed E-state index contributed by atoms with van der Waals surface area (Å²) in [6.07, 6.45) is 3.98. The predicted octanol–water partition coefficient (Wildman–Crippen LogP) is 2.45. The monoisotopic (exact) mass is 269 g/mol. The van der Waals surface area contributed by atoms with E-state index in [1.807, 2.05) is 24.4 Å². The molecule has 1 heterocycles. The molecule has 1 fully saturated rings. The number of hydrogen-bond donors (Lipinski definition) is 1. The van der Waals surface area contributed by atoms with Crippen LogP contribution in [0.15, 0.2) is 30.5 Å². The maximum atomic E-state index is 5.87. The normalized spacial score (nSPS) is 15.9. The number of benzene rings is 1. The van der Waals surface area contributed by atoms with Gasteiger partial charge in [-0.2, -0.15) is 0 Å². The Morgan fingerprint density at radius 2 is 2.10 bits per heavy atom. The first kappa shape index (κ1) is 13.1. The van der Waals surface area contributed by atoms with E-state index in [0.717, 1.165) is 35.7 Å². The zero-order valence-corrected chi connectivity index (χ0v) is 11.9. The van der Waals surface area contributed by atoms with Crippen LogP contribution in [0.1, 0.15) is 24.2 Å². The first-order valence-electron chi connectivity index (χ1n) is 6.87. The lowest BCUT2D eigenvalue weighted by Gasteiger charge is -2.13. The SMILES string of the molecule is COc1ccc(C)cc1-c1ccnc(C2(CN)CC2)n1. The van der Waals surface area contributed by atoms with Crippen molar-refractivity contribution >= 4 is 0 Å². The van der Waals surface area contributed by atoms with Crippen LogP contribution in [-0.2, 0) is 5.41 Å². The third-order valence-electron chi connectivity index (χ3n) is 4.01. The molecule has 0 unspecified atom stereocenters. The van der Waals surface area contributed by atoms with Gasteiger partial charge in [0.25, 0.3) is 0 Å². The van der Waals surface area contributed by atoms with E-state index in [4.69, 9.17) is 15.5 Å². The summed E-state index contributed by atoms with van der Waals surface area (Å²) in [6.45, 7) is 2.68. The largest absolute Gasteiger partial charge is 0.496 e. The number of hydrogen-bond acceptors (Lipinski definition) is 4. The van der Waals surface area contributed by atoms with E-state index in [1.54, 1.807) is 7.11 Å². The number of aryl methyl sites for hydroxylation is 1. The zero-order chi connectivity index (χ0) is 14.2. The van der Waals surface area contributed by atoms with Gasteiger partial charge in [-0.3, -0.25) is 0 Å². The smallest absolute Gasteiger partial charge is 0.136 e. The van der Waals surface area contributed by atoms with Gasteiger partial charge in [-0.1, -0.05) is 11.6 Å². The lowest BCUT2D eigenvalue weighted by Crippen LogP contribution is -2.22. The van der Waals surface area contributed by atoms with Crippen molar-refractivity contribution in [2.45, 2.75) is 25.2 Å². The third-order valence-corrected chi connectivity index (χ3v) is 4.01. The molecule has 0 amide bonds. The van der Waals surface area contributed by atoms with Gasteiger partial charge in [0, 0.05) is 23.7 Å². The van der Waals surface area contributed by atoms with E-state index in [0.29, 0.717) is 6.54 Å². The van der Waals surface area contributed by atoms with Crippen molar-refractivity contribution in [2.24, 2.45) is 5.73 Å². The van der Waals surface area contributed by atoms with Crippen molar-refractivity contribution < 1.29 is 4.74 Å². The maximum Gasteiger partial charge on any atom is 0.136 e. The molecule has 0 spiro atoms. The van der Waals surface area contributed by atoms with Gasteiger partial charge in [-0.25, -0.2) is 9.97 Å². The lowest BCUT2D eigenvalue weighted by molar-refractivity contribution is 0.416. The van der Waals surface area contributed by atoms with Crippen molar-refractivity contribution in [3.63, 3.8) is 0 Å². The van der Waals surface area contributed by atoms with Gasteiger partial charge in [0.2, 0.25) is 0 Å². The first-order chi connectivity index (χ1) is 9.68. The summed E-state index contributed by atoms with van der Waals surface area (Å²) >= 11 is 0. The van der Waals surface area contributed by atoms with Gasteiger partial charge in [0.15, 0.2) is 0 Å². The van der Waals surface area contributed by atoms with Gasteiger partial charge in [0.05, 0.1) is 12.8 Å². The molecule has 0 atom stereocenters. The molecule has 0 bridgehead atoms. The molecular formula is C16H19N3O. The molecule has 2 N–H and O–H groups in total. The van der Waals surface area contributed by atoms with Crippen molar-refractivity contribution in [3.8, 4) is 17.0 Å². The summed E-state index contributed by atoms with van der Waals surface area (Å²) in [5.41, 5.74) is 8.96. The van der Waals surface area contributed by atoms with E-state index in [9.17, 15) is 0 Å². The second kappa shape index (κ2) is 4.87. The van der Waals surface area contributed by atoms with Crippen LogP contribution in [0.4, 0.5) is 0 Å². The zero-order valence-electron chi connectivity index (χ0n) is 11.9. The number of nitrogens with zero attached hydrogens (tertiary/aromatic N) is 2. The van der Waals surface area contributed by atoms with Gasteiger partial charge in [-0.05, 0) is 38.0 Å². The second-order valence-corrected chi connectivity index (χ2v) is 5.45. The van der Waals surface area contributed by atoms with Crippen molar-refractivity contribution in [1.29, 1.82) is 0 Å². The number of aromatic nitrogens is 2. The Kier molecular flexibility index (Phi) is 3.18. The molecule has 4 nitrogen and oxygen atoms in total. The Morgan fingerprint density at radius 1 is 1.30 bits per heavy atom. The topological polar surface area (TPSA) is 61.0 Å². The molecule has 104 valence electrons. The molecule has 20 heavy (non-hydrogen) atoms. The summed E-state index contributed by atoms with van der Waals surface area (Å²) < 4.78 is 5.44. The molecule has 1 saturated carbocycles. The highest BCUT2D eigenvalue weighted by atomic mass is 16.5. The summed E-state index contributed by atoms with van der Waals surface area (Å²) in [4.78, 5) is 9.14. The van der Waals surface area contributed by atoms with E-state index < -0.39 is 0 Å². The van der Waals surface area contributed by atoms with E-state index in [1.165, 1.54) is 5.56 Å². The fraction of sp³-hybridized carbons (Fsp3) is 0.375. The van der Waals surface area contributed by atoms with Crippen LogP contribution in [0.3, 0.4) is 0 Å². The Bertz CT molecular complexity index is 635. The van der Waals surface area contributed by atoms with Crippen LogP contribution in [-0.4, -0.2) is 23.6 Å². The van der Waals surface area contributed by atoms with E-state index in [2.05, 4.69) is 18.0 Å². The molecule has 1 aromatic carbocycles. The van der Waals surface area contributed by atoms with Crippen LogP contribution in [0.5, 0.6) is 5.75 Å². The minimum absolute atomic E-state index is 0.00701. The fourth-order valence-electron chi connectivity index (χ4n) is 2.46. The fourth-order valence-corrected chi connectivity index (χ4v) is 2.46. The minimum Gasteiger partial charge on any atom is -0.496 e. The quantitative estimate of drug-likeness (QED) is 0.926. The third kappa shape index (κ3) is 2.16. The predicted molar refractivity (Wildman–Crippen MR) is 78.7 cm³/mol. The molecule has 0 aliphatic heterocycles. The maximum absolute atomic E-state index is 5.87. The highest BCUT2D eigenvalue weighted by Gasteiger charge is 2.45. The summed E-state index contributed by atoms with van der Waals surface area (Å²) in [6, 6.07) is 8.02. The van der Waals surface area contributed by atoms with Crippen molar-refractivity contribution in [2.75, 3.05) is 13.7 Å². The molecule has 1 aliphatic carbocycles. The summed E-state index contributed by atoms with van der Waals surface area (Å²) in [5, 5.41) is 0. The van der Waals surface area contributed by atoms with Crippen molar-refractivity contribution in [3.05, 3.63) is 41.9 Å². The summed E-state index contributed by atoms with van der Waals surface area (Å²) in [5.74, 6) is 1.69. The molecular weight excluding hydrogens is 250 g/mol. The highest BCUT2D eigenvalue weighted by Crippen LogP contribution is 2.45. The Morgan fingerprint density at radius 3 is 2.75 bits per heavy atom. The van der Waals surface area contributed by atoms with Gasteiger partial charge < -0.3 is 10.5 Å². The van der Waals surface area contributed by atoms with Gasteiger partial charge in [-0.15, -0.1) is 0 Å². The Hall–Kier alpha value is -1.94. The Labute approximate surface area is 119 Å². The first-order valence-corrected chi connectivity index (χ1v) is 6.87. The summed E-state index contributed by atoms with van der Waals surface area (Å²) in [7, 11) is 1.68. The standard InChI is InChI=1S/C16H19N3O/c1-11-3-4-14(20-2)12(9-11)13-5-8-18-15(19-13)16(10-17)6-7-16/h3-5,8-9H,6-7,10,17H2,1-2H3. The molecule has 1 aliphatic rings. The van der Waals surface area contributed by atoms with Crippen molar-refractivity contribution in [1.82, 2.24) is 9.97 Å². The van der Waals surface area contributed by atoms with Gasteiger partial charge >= 0.3 is 0 Å². The van der Waals surface area contributed by atoms with Gasteiger partial charge in [0.1, 0.15) is 11.6 Å². The van der Waals surface area contributed by atoms with Crippen LogP contribution in [0.2, 0.25) is 0 Å². The lowest BCUT2D eigenvalue weighted by atomic mass is 10.0. The molecule has 0 saturated heterocycles. The van der Waals surface area contributed by atoms with Crippen LogP contribution in [0, 0.1) is 6.92 Å². The Balaban J connectivity index is 2.07. The molecule has 3 rings (SSSR count). The number of nitrogens with two attached hydrogens (primary N) is 1. The average Bonchev–Trinajstić information content (AvgIpc) is 3.28. The van der Waals surface area contributed by atoms with E-state index >= 15 is 0 Å². The van der Waals surface area contributed by atoms with Crippen LogP contribution in [0.25, 0.3) is 11.3 Å². The van der Waals surface area contributed by atoms with Crippen LogP contribution >= 0.6 is 0 Å². The number of ether oxygens (including phenoxy) is 1. The van der Waals surface area contributed by atoms with E-state index in [-0.39, 0.29) is 5.41 Å². The number of rotatable bonds is 4. The molecule has 1 aromatic heterocycles. The highest BCUT2D eigenvalue weighted by molar-refractivity contribution is 5.68. The molecule has 2 aromatic rings. The molecule has 0 radical (unpaired) electrons. The minimum atomic E-state index is 0.00701. The van der Waals surface area contributed by atoms with Crippen LogP contribution < -0.4 is 10.5 Å². The average molecular weight is 269 g/mol.